The number of piperidine rings is 1. The van der Waals surface area contributed by atoms with Crippen LogP contribution in [0.15, 0.2) is 29.1 Å². The van der Waals surface area contributed by atoms with Crippen molar-refractivity contribution in [3.8, 4) is 11.4 Å². The van der Waals surface area contributed by atoms with Crippen molar-refractivity contribution in [3.05, 3.63) is 40.6 Å². The zero-order valence-electron chi connectivity index (χ0n) is 16.5. The minimum atomic E-state index is -0.189. The van der Waals surface area contributed by atoms with Gasteiger partial charge in [0.1, 0.15) is 11.6 Å². The van der Waals surface area contributed by atoms with Crippen molar-refractivity contribution in [1.82, 2.24) is 24.6 Å². The number of ether oxygens (including phenoxy) is 2. The molecule has 2 saturated heterocycles. The lowest BCUT2D eigenvalue weighted by atomic mass is 9.97. The molecule has 152 valence electrons. The number of nitrogens with one attached hydrogen (secondary N) is 1. The fourth-order valence-corrected chi connectivity index (χ4v) is 4.01. The third-order valence-electron chi connectivity index (χ3n) is 5.68. The number of aromatic amines is 1. The SMILES string of the molecule is COc1ccc(-n2nc(C3CCCN(CCN4CCOCC4)C3)[nH]c2=O)cc1. The molecule has 3 heterocycles. The Morgan fingerprint density at radius 2 is 1.89 bits per heavy atom. The predicted octanol–water partition coefficient (Wildman–Crippen LogP) is 1.08. The number of morpholine rings is 1. The van der Waals surface area contributed by atoms with Crippen molar-refractivity contribution in [1.29, 1.82) is 0 Å². The van der Waals surface area contributed by atoms with Crippen LogP contribution >= 0.6 is 0 Å². The van der Waals surface area contributed by atoms with Gasteiger partial charge in [0.25, 0.3) is 0 Å². The van der Waals surface area contributed by atoms with E-state index in [2.05, 4.69) is 19.9 Å². The molecule has 0 amide bonds. The molecular weight excluding hydrogens is 358 g/mol. The molecule has 2 aromatic rings. The van der Waals surface area contributed by atoms with Crippen LogP contribution in [0.25, 0.3) is 5.69 Å². The third kappa shape index (κ3) is 4.45. The Morgan fingerprint density at radius 3 is 2.64 bits per heavy atom. The second kappa shape index (κ2) is 8.89. The molecule has 2 fully saturated rings. The van der Waals surface area contributed by atoms with Crippen molar-refractivity contribution in [3.63, 3.8) is 0 Å². The Bertz CT molecular complexity index is 810. The first kappa shape index (κ1) is 19.2. The maximum atomic E-state index is 12.4. The van der Waals surface area contributed by atoms with Gasteiger partial charge in [0.05, 0.1) is 26.0 Å². The fraction of sp³-hybridized carbons (Fsp3) is 0.600. The van der Waals surface area contributed by atoms with E-state index in [4.69, 9.17) is 9.47 Å². The number of likely N-dealkylation sites (tertiary alicyclic amines) is 1. The molecule has 1 atom stereocenters. The maximum Gasteiger partial charge on any atom is 0.348 e. The van der Waals surface area contributed by atoms with E-state index in [0.29, 0.717) is 0 Å². The quantitative estimate of drug-likeness (QED) is 0.800. The third-order valence-corrected chi connectivity index (χ3v) is 5.68. The molecule has 8 nitrogen and oxygen atoms in total. The zero-order chi connectivity index (χ0) is 19.3. The molecule has 1 aromatic heterocycles. The Morgan fingerprint density at radius 1 is 1.14 bits per heavy atom. The summed E-state index contributed by atoms with van der Waals surface area (Å²) in [6.45, 7) is 7.92. The molecule has 0 radical (unpaired) electrons. The highest BCUT2D eigenvalue weighted by Crippen LogP contribution is 2.24. The van der Waals surface area contributed by atoms with Crippen LogP contribution < -0.4 is 10.4 Å². The Hall–Kier alpha value is -2.16. The zero-order valence-corrected chi connectivity index (χ0v) is 16.5. The largest absolute Gasteiger partial charge is 0.497 e. The van der Waals surface area contributed by atoms with Crippen molar-refractivity contribution in [2.45, 2.75) is 18.8 Å². The molecular formula is C20H29N5O3. The number of H-pyrrole nitrogens is 1. The number of rotatable bonds is 6. The number of benzene rings is 1. The lowest BCUT2D eigenvalue weighted by molar-refractivity contribution is 0.0318. The van der Waals surface area contributed by atoms with E-state index < -0.39 is 0 Å². The van der Waals surface area contributed by atoms with Crippen molar-refractivity contribution >= 4 is 0 Å². The molecule has 0 aliphatic carbocycles. The van der Waals surface area contributed by atoms with Crippen LogP contribution in [0.4, 0.5) is 0 Å². The summed E-state index contributed by atoms with van der Waals surface area (Å²) in [4.78, 5) is 20.4. The molecule has 2 aliphatic rings. The van der Waals surface area contributed by atoms with E-state index in [-0.39, 0.29) is 11.6 Å². The number of aromatic nitrogens is 3. The molecule has 2 aliphatic heterocycles. The Kier molecular flexibility index (Phi) is 6.09. The van der Waals surface area contributed by atoms with E-state index >= 15 is 0 Å². The number of hydrogen-bond donors (Lipinski definition) is 1. The summed E-state index contributed by atoms with van der Waals surface area (Å²) in [7, 11) is 1.63. The van der Waals surface area contributed by atoms with E-state index in [1.54, 1.807) is 7.11 Å². The maximum absolute atomic E-state index is 12.4. The fourth-order valence-electron chi connectivity index (χ4n) is 4.01. The summed E-state index contributed by atoms with van der Waals surface area (Å²) in [5.74, 6) is 1.82. The second-order valence-electron chi connectivity index (χ2n) is 7.52. The van der Waals surface area contributed by atoms with Crippen LogP contribution in [0, 0.1) is 0 Å². The first-order chi connectivity index (χ1) is 13.7. The van der Waals surface area contributed by atoms with Crippen LogP contribution in [-0.4, -0.2) is 84.2 Å². The first-order valence-corrected chi connectivity index (χ1v) is 10.1. The van der Waals surface area contributed by atoms with Gasteiger partial charge in [0, 0.05) is 38.6 Å². The molecule has 1 unspecified atom stereocenters. The average Bonchev–Trinajstić information content (AvgIpc) is 3.15. The Balaban J connectivity index is 1.40. The van der Waals surface area contributed by atoms with Gasteiger partial charge in [-0.15, -0.1) is 5.10 Å². The molecule has 0 bridgehead atoms. The first-order valence-electron chi connectivity index (χ1n) is 10.1. The van der Waals surface area contributed by atoms with Crippen molar-refractivity contribution in [2.75, 3.05) is 59.6 Å². The summed E-state index contributed by atoms with van der Waals surface area (Å²) in [6.07, 6.45) is 2.19. The summed E-state index contributed by atoms with van der Waals surface area (Å²) in [5, 5.41) is 4.60. The van der Waals surface area contributed by atoms with Crippen LogP contribution in [0.2, 0.25) is 0 Å². The van der Waals surface area contributed by atoms with Crippen LogP contribution in [0.3, 0.4) is 0 Å². The molecule has 0 spiro atoms. The molecule has 8 heteroatoms. The summed E-state index contributed by atoms with van der Waals surface area (Å²) in [5.41, 5.74) is 0.555. The van der Waals surface area contributed by atoms with Crippen molar-refractivity contribution < 1.29 is 9.47 Å². The van der Waals surface area contributed by atoms with Gasteiger partial charge in [0.2, 0.25) is 0 Å². The minimum absolute atomic E-state index is 0.189. The monoisotopic (exact) mass is 387 g/mol. The number of hydrogen-bond acceptors (Lipinski definition) is 6. The van der Waals surface area contributed by atoms with Gasteiger partial charge >= 0.3 is 5.69 Å². The lowest BCUT2D eigenvalue weighted by Gasteiger charge is -2.34. The Labute approximate surface area is 165 Å². The van der Waals surface area contributed by atoms with Gasteiger partial charge in [-0.1, -0.05) is 0 Å². The smallest absolute Gasteiger partial charge is 0.348 e. The summed E-state index contributed by atoms with van der Waals surface area (Å²) in [6, 6.07) is 7.37. The average molecular weight is 387 g/mol. The van der Waals surface area contributed by atoms with Gasteiger partial charge in [0.15, 0.2) is 0 Å². The predicted molar refractivity (Wildman–Crippen MR) is 106 cm³/mol. The van der Waals surface area contributed by atoms with Gasteiger partial charge in [-0.05, 0) is 43.7 Å². The number of nitrogens with zero attached hydrogens (tertiary/aromatic N) is 4. The number of methoxy groups -OCH3 is 1. The lowest BCUT2D eigenvalue weighted by Crippen LogP contribution is -2.43. The van der Waals surface area contributed by atoms with E-state index in [9.17, 15) is 4.79 Å². The normalized spacial score (nSPS) is 21.7. The molecule has 1 aromatic carbocycles. The standard InChI is InChI=1S/C20H29N5O3/c1-27-18-6-4-17(5-7-18)25-20(26)21-19(22-25)16-3-2-8-24(15-16)10-9-23-11-13-28-14-12-23/h4-7,16H,2-3,8-15H2,1H3,(H,21,22,26). The van der Waals surface area contributed by atoms with Gasteiger partial charge in [-0.25, -0.2) is 4.79 Å². The highest BCUT2D eigenvalue weighted by molar-refractivity contribution is 5.36. The second-order valence-corrected chi connectivity index (χ2v) is 7.52. The highest BCUT2D eigenvalue weighted by atomic mass is 16.5. The van der Waals surface area contributed by atoms with Gasteiger partial charge in [-0.2, -0.15) is 4.68 Å². The van der Waals surface area contributed by atoms with Crippen LogP contribution in [0.5, 0.6) is 5.75 Å². The minimum Gasteiger partial charge on any atom is -0.497 e. The van der Waals surface area contributed by atoms with Crippen molar-refractivity contribution in [2.24, 2.45) is 0 Å². The molecule has 0 saturated carbocycles. The molecule has 28 heavy (non-hydrogen) atoms. The molecule has 1 N–H and O–H groups in total. The van der Waals surface area contributed by atoms with E-state index in [1.807, 2.05) is 24.3 Å². The van der Waals surface area contributed by atoms with Gasteiger partial charge in [-0.3, -0.25) is 9.88 Å². The van der Waals surface area contributed by atoms with Crippen LogP contribution in [-0.2, 0) is 4.74 Å². The highest BCUT2D eigenvalue weighted by Gasteiger charge is 2.25. The van der Waals surface area contributed by atoms with E-state index in [1.165, 1.54) is 4.68 Å². The summed E-state index contributed by atoms with van der Waals surface area (Å²) >= 11 is 0. The van der Waals surface area contributed by atoms with E-state index in [0.717, 1.165) is 82.6 Å². The molecule has 4 rings (SSSR count). The summed E-state index contributed by atoms with van der Waals surface area (Å²) < 4.78 is 12.1. The topological polar surface area (TPSA) is 75.6 Å². The van der Waals surface area contributed by atoms with Gasteiger partial charge < -0.3 is 14.4 Å². The van der Waals surface area contributed by atoms with Crippen LogP contribution in [0.1, 0.15) is 24.6 Å².